The van der Waals surface area contributed by atoms with E-state index in [-0.39, 0.29) is 0 Å². The average Bonchev–Trinajstić information content (AvgIpc) is 2.80. The molecule has 4 rings (SSSR count). The van der Waals surface area contributed by atoms with Gasteiger partial charge in [0, 0.05) is 0 Å². The molecule has 0 amide bonds. The fraction of sp³-hybridized carbons (Fsp3) is 0.172. The highest BCUT2D eigenvalue weighted by molar-refractivity contribution is 5.35. The third kappa shape index (κ3) is 5.76. The lowest BCUT2D eigenvalue weighted by Crippen LogP contribution is -1.98. The highest BCUT2D eigenvalue weighted by atomic mass is 16.5. The number of hydrogen-bond donors (Lipinski definition) is 0. The molecule has 0 N–H and O–H groups in total. The molecule has 4 aromatic rings. The van der Waals surface area contributed by atoms with Crippen molar-refractivity contribution in [1.82, 2.24) is 0 Å². The first-order valence-corrected chi connectivity index (χ1v) is 10.7. The van der Waals surface area contributed by atoms with Crippen LogP contribution in [0.5, 0.6) is 11.5 Å². The minimum absolute atomic E-state index is 0.593. The molecular weight excluding hydrogens is 380 g/mol. The highest BCUT2D eigenvalue weighted by Crippen LogP contribution is 2.20. The van der Waals surface area contributed by atoms with Crippen molar-refractivity contribution in [3.05, 3.63) is 130 Å². The molecular formula is C29H28O2. The van der Waals surface area contributed by atoms with Crippen molar-refractivity contribution in [2.75, 3.05) is 0 Å². The van der Waals surface area contributed by atoms with E-state index in [9.17, 15) is 0 Å². The van der Waals surface area contributed by atoms with Gasteiger partial charge in [0.1, 0.15) is 24.7 Å². The van der Waals surface area contributed by atoms with E-state index in [2.05, 4.69) is 74.5 Å². The Labute approximate surface area is 185 Å². The van der Waals surface area contributed by atoms with Gasteiger partial charge in [0.25, 0.3) is 0 Å². The largest absolute Gasteiger partial charge is 0.489 e. The summed E-state index contributed by atoms with van der Waals surface area (Å²) in [4.78, 5) is 0. The van der Waals surface area contributed by atoms with Gasteiger partial charge in [-0.2, -0.15) is 0 Å². The standard InChI is InChI=1S/C29H28O2/c1-22-7-3-5-9-26(22)20-30-28-15-11-24(12-16-28)19-25-13-17-29(18-14-25)31-21-27-10-6-4-8-23(27)2/h3-18H,19-21H2,1-2H3. The van der Waals surface area contributed by atoms with E-state index in [4.69, 9.17) is 9.47 Å². The van der Waals surface area contributed by atoms with Crippen LogP contribution >= 0.6 is 0 Å². The van der Waals surface area contributed by atoms with E-state index in [1.54, 1.807) is 0 Å². The second-order valence-corrected chi connectivity index (χ2v) is 7.89. The van der Waals surface area contributed by atoms with E-state index < -0.39 is 0 Å². The van der Waals surface area contributed by atoms with Crippen molar-refractivity contribution in [2.24, 2.45) is 0 Å². The van der Waals surface area contributed by atoms with Gasteiger partial charge in [0.15, 0.2) is 0 Å². The minimum Gasteiger partial charge on any atom is -0.489 e. The van der Waals surface area contributed by atoms with Gasteiger partial charge in [-0.3, -0.25) is 0 Å². The Morgan fingerprint density at radius 3 is 1.26 bits per heavy atom. The summed E-state index contributed by atoms with van der Waals surface area (Å²) >= 11 is 0. The van der Waals surface area contributed by atoms with Gasteiger partial charge in [-0.15, -0.1) is 0 Å². The zero-order valence-electron chi connectivity index (χ0n) is 18.2. The molecule has 0 aliphatic carbocycles. The molecule has 0 radical (unpaired) electrons. The van der Waals surface area contributed by atoms with Crippen molar-refractivity contribution in [1.29, 1.82) is 0 Å². The van der Waals surface area contributed by atoms with Gasteiger partial charge in [0.2, 0.25) is 0 Å². The normalized spacial score (nSPS) is 10.6. The van der Waals surface area contributed by atoms with Crippen molar-refractivity contribution in [3.63, 3.8) is 0 Å². The molecule has 0 spiro atoms. The van der Waals surface area contributed by atoms with E-state index >= 15 is 0 Å². The number of aryl methyl sites for hydroxylation is 2. The fourth-order valence-electron chi connectivity index (χ4n) is 3.51. The molecule has 4 aromatic carbocycles. The van der Waals surface area contributed by atoms with Gasteiger partial charge in [0.05, 0.1) is 0 Å². The van der Waals surface area contributed by atoms with E-state index in [1.165, 1.54) is 33.4 Å². The molecule has 0 aliphatic heterocycles. The van der Waals surface area contributed by atoms with Crippen LogP contribution in [0.1, 0.15) is 33.4 Å². The highest BCUT2D eigenvalue weighted by Gasteiger charge is 2.03. The molecule has 0 bridgehead atoms. The Morgan fingerprint density at radius 2 is 0.871 bits per heavy atom. The van der Waals surface area contributed by atoms with E-state index in [0.717, 1.165) is 17.9 Å². The summed E-state index contributed by atoms with van der Waals surface area (Å²) < 4.78 is 11.9. The Balaban J connectivity index is 1.30. The van der Waals surface area contributed by atoms with Gasteiger partial charge >= 0.3 is 0 Å². The molecule has 0 heterocycles. The van der Waals surface area contributed by atoms with Gasteiger partial charge in [-0.25, -0.2) is 0 Å². The Bertz CT molecular complexity index is 1020. The lowest BCUT2D eigenvalue weighted by molar-refractivity contribution is 0.305. The van der Waals surface area contributed by atoms with Crippen LogP contribution in [-0.2, 0) is 19.6 Å². The summed E-state index contributed by atoms with van der Waals surface area (Å²) in [5.74, 6) is 1.79. The molecule has 0 fully saturated rings. The van der Waals surface area contributed by atoms with Gasteiger partial charge < -0.3 is 9.47 Å². The maximum atomic E-state index is 5.95. The SMILES string of the molecule is Cc1ccccc1COc1ccc(Cc2ccc(OCc3ccccc3C)cc2)cc1. The van der Waals surface area contributed by atoms with Gasteiger partial charge in [-0.1, -0.05) is 72.8 Å². The van der Waals surface area contributed by atoms with Crippen molar-refractivity contribution >= 4 is 0 Å². The first-order valence-electron chi connectivity index (χ1n) is 10.7. The summed E-state index contributed by atoms with van der Waals surface area (Å²) in [7, 11) is 0. The second-order valence-electron chi connectivity index (χ2n) is 7.89. The van der Waals surface area contributed by atoms with Crippen LogP contribution in [0.4, 0.5) is 0 Å². The van der Waals surface area contributed by atoms with Crippen LogP contribution < -0.4 is 9.47 Å². The topological polar surface area (TPSA) is 18.5 Å². The zero-order valence-corrected chi connectivity index (χ0v) is 18.2. The fourth-order valence-corrected chi connectivity index (χ4v) is 3.51. The first kappa shape index (κ1) is 20.7. The van der Waals surface area contributed by atoms with Crippen LogP contribution in [0, 0.1) is 13.8 Å². The third-order valence-electron chi connectivity index (χ3n) is 5.57. The van der Waals surface area contributed by atoms with Crippen molar-refractivity contribution in [3.8, 4) is 11.5 Å². The molecule has 2 nitrogen and oxygen atoms in total. The molecule has 0 saturated heterocycles. The monoisotopic (exact) mass is 408 g/mol. The summed E-state index contributed by atoms with van der Waals surface area (Å²) in [6, 6.07) is 33.4. The molecule has 31 heavy (non-hydrogen) atoms. The molecule has 0 aliphatic rings. The quantitative estimate of drug-likeness (QED) is 0.311. The number of ether oxygens (including phenoxy) is 2. The zero-order chi connectivity index (χ0) is 21.5. The number of rotatable bonds is 8. The predicted molar refractivity (Wildman–Crippen MR) is 127 cm³/mol. The van der Waals surface area contributed by atoms with Crippen LogP contribution in [0.15, 0.2) is 97.1 Å². The second kappa shape index (κ2) is 9.99. The maximum absolute atomic E-state index is 5.95. The van der Waals surface area contributed by atoms with Crippen LogP contribution in [0.25, 0.3) is 0 Å². The molecule has 156 valence electrons. The van der Waals surface area contributed by atoms with Crippen LogP contribution in [0.3, 0.4) is 0 Å². The van der Waals surface area contributed by atoms with E-state index in [0.29, 0.717) is 13.2 Å². The van der Waals surface area contributed by atoms with Crippen molar-refractivity contribution in [2.45, 2.75) is 33.5 Å². The Kier molecular flexibility index (Phi) is 6.68. The van der Waals surface area contributed by atoms with Crippen LogP contribution in [-0.4, -0.2) is 0 Å². The number of hydrogen-bond acceptors (Lipinski definition) is 2. The Hall–Kier alpha value is -3.52. The summed E-state index contributed by atoms with van der Waals surface area (Å²) in [6.07, 6.45) is 0.885. The molecule has 0 aromatic heterocycles. The van der Waals surface area contributed by atoms with Gasteiger partial charge in [-0.05, 0) is 77.9 Å². The minimum atomic E-state index is 0.593. The first-order chi connectivity index (χ1) is 15.2. The lowest BCUT2D eigenvalue weighted by Gasteiger charge is -2.10. The molecule has 0 unspecified atom stereocenters. The summed E-state index contributed by atoms with van der Waals surface area (Å²) in [6.45, 7) is 5.41. The van der Waals surface area contributed by atoms with E-state index in [1.807, 2.05) is 36.4 Å². The third-order valence-corrected chi connectivity index (χ3v) is 5.57. The van der Waals surface area contributed by atoms with Crippen LogP contribution in [0.2, 0.25) is 0 Å². The maximum Gasteiger partial charge on any atom is 0.119 e. The number of benzene rings is 4. The lowest BCUT2D eigenvalue weighted by atomic mass is 10.0. The molecule has 0 atom stereocenters. The average molecular weight is 409 g/mol. The predicted octanol–water partition coefficient (Wildman–Crippen LogP) is 7.05. The summed E-state index contributed by atoms with van der Waals surface area (Å²) in [5, 5.41) is 0. The summed E-state index contributed by atoms with van der Waals surface area (Å²) in [5.41, 5.74) is 7.47. The molecule has 0 saturated carbocycles. The Morgan fingerprint density at radius 1 is 0.484 bits per heavy atom. The van der Waals surface area contributed by atoms with Crippen molar-refractivity contribution < 1.29 is 9.47 Å². The smallest absolute Gasteiger partial charge is 0.119 e. The molecule has 2 heteroatoms.